The van der Waals surface area contributed by atoms with Gasteiger partial charge in [0, 0.05) is 31.8 Å². The summed E-state index contributed by atoms with van der Waals surface area (Å²) in [5, 5.41) is 127. The number of aryl methyl sites for hydroxylation is 6. The molecule has 8 rings (SSSR count). The summed E-state index contributed by atoms with van der Waals surface area (Å²) < 4.78 is 45.7. The molecule has 8 aromatic rings. The Labute approximate surface area is 775 Å². The number of unbranched alkanes of at least 4 members (excludes halogenated alkanes) is 2. The van der Waals surface area contributed by atoms with Crippen molar-refractivity contribution in [3.63, 3.8) is 0 Å². The number of carboxylic acids is 12. The van der Waals surface area contributed by atoms with E-state index in [2.05, 4.69) is 6.92 Å². The number of benzene rings is 8. The largest absolute Gasteiger partial charge is 0.508 e. The van der Waals surface area contributed by atoms with E-state index < -0.39 is 83.8 Å². The van der Waals surface area contributed by atoms with Crippen LogP contribution in [0.2, 0.25) is 0 Å². The third-order valence-electron chi connectivity index (χ3n) is 17.0. The molecule has 0 aliphatic carbocycles. The molecule has 31 nitrogen and oxygen atoms in total. The van der Waals surface area contributed by atoms with Crippen LogP contribution in [-0.4, -0.2) is 187 Å². The summed E-state index contributed by atoms with van der Waals surface area (Å²) in [6, 6.07) is 59.8. The van der Waals surface area contributed by atoms with Crippen molar-refractivity contribution < 1.29 is 162 Å². The Morgan fingerprint density at radius 2 is 0.737 bits per heavy atom. The normalized spacial score (nSPS) is 10.6. The number of aliphatic hydroxyl groups is 2. The molecule has 0 aromatic heterocycles. The number of halogens is 2. The highest BCUT2D eigenvalue weighted by molar-refractivity contribution is 5.85. The van der Waals surface area contributed by atoms with Crippen LogP contribution in [0.1, 0.15) is 190 Å². The molecular formula is C100H132F2O31. The van der Waals surface area contributed by atoms with Crippen LogP contribution in [0.25, 0.3) is 6.08 Å². The van der Waals surface area contributed by atoms with Crippen molar-refractivity contribution in [3.8, 4) is 28.7 Å². The van der Waals surface area contributed by atoms with E-state index in [-0.39, 0.29) is 106 Å². The van der Waals surface area contributed by atoms with Gasteiger partial charge in [-0.15, -0.1) is 0 Å². The van der Waals surface area contributed by atoms with Crippen molar-refractivity contribution in [1.29, 1.82) is 0 Å². The van der Waals surface area contributed by atoms with Gasteiger partial charge in [0.05, 0.1) is 58.0 Å². The molecule has 0 saturated heterocycles. The fourth-order valence-electron chi connectivity index (χ4n) is 9.60. The number of hydrogen-bond donors (Lipinski definition) is 15. The molecule has 0 saturated carbocycles. The SMILES string of the molecule is CC(C)CC(O)C(=O)O.CCCC(C)C(=O)O.CCCCC(C)C(=O)O.CCCCC(O)C(=O)O.COc1ccccc1CCC(=O)O.Cc1ccc(OCCC(=O)O)cc1.Cc1ccccc1/C=C/C(=O)O.O=C(O)CCOc1ccc(F)cc1.O=C(O)CCOc1ccccc1.O=C(O)CCc1ccccc1.O=C(O)CCc1ccccc1F.O=C(O)CCc1ccccc1O. The van der Waals surface area contributed by atoms with Crippen LogP contribution in [0.3, 0.4) is 0 Å². The van der Waals surface area contributed by atoms with Gasteiger partial charge in [-0.2, -0.15) is 0 Å². The number of rotatable bonds is 41. The van der Waals surface area contributed by atoms with E-state index in [4.69, 9.17) is 90.4 Å². The number of para-hydroxylation sites is 3. The van der Waals surface area contributed by atoms with E-state index in [9.17, 15) is 71.4 Å². The van der Waals surface area contributed by atoms with Crippen LogP contribution in [0.15, 0.2) is 212 Å². The van der Waals surface area contributed by atoms with Gasteiger partial charge < -0.3 is 95.5 Å². The van der Waals surface area contributed by atoms with Crippen LogP contribution in [0.5, 0.6) is 28.7 Å². The Bertz CT molecular complexity index is 4420. The predicted molar refractivity (Wildman–Crippen MR) is 497 cm³/mol. The van der Waals surface area contributed by atoms with Crippen molar-refractivity contribution >= 4 is 77.7 Å². The van der Waals surface area contributed by atoms with Gasteiger partial charge >= 0.3 is 71.6 Å². The average molecular weight is 1870 g/mol. The Morgan fingerprint density at radius 1 is 0.368 bits per heavy atom. The topological polar surface area (TPSA) is 545 Å². The number of phenolic OH excluding ortho intramolecular Hbond substituents is 1. The number of aliphatic carboxylic acids is 12. The van der Waals surface area contributed by atoms with Crippen molar-refractivity contribution in [3.05, 3.63) is 263 Å². The highest BCUT2D eigenvalue weighted by Crippen LogP contribution is 2.21. The number of phenols is 1. The Hall–Kier alpha value is -14.1. The fourth-order valence-corrected chi connectivity index (χ4v) is 9.60. The van der Waals surface area contributed by atoms with Crippen LogP contribution in [0.4, 0.5) is 8.78 Å². The number of aliphatic hydroxyl groups excluding tert-OH is 2. The second kappa shape index (κ2) is 80.0. The molecule has 15 N–H and O–H groups in total. The van der Waals surface area contributed by atoms with E-state index in [1.54, 1.807) is 81.6 Å². The molecule has 0 aliphatic heterocycles. The molecule has 0 heterocycles. The fraction of sp³-hybridized carbons (Fsp3) is 0.380. The number of aromatic hydroxyl groups is 1. The zero-order chi connectivity index (χ0) is 101. The summed E-state index contributed by atoms with van der Waals surface area (Å²) >= 11 is 0. The van der Waals surface area contributed by atoms with Gasteiger partial charge in [0.15, 0.2) is 12.2 Å². The van der Waals surface area contributed by atoms with Crippen LogP contribution >= 0.6 is 0 Å². The average Bonchev–Trinajstić information content (AvgIpc) is 0.917. The lowest BCUT2D eigenvalue weighted by Crippen LogP contribution is -2.21. The van der Waals surface area contributed by atoms with Crippen molar-refractivity contribution in [2.75, 3.05) is 26.9 Å². The van der Waals surface area contributed by atoms with Gasteiger partial charge in [0.1, 0.15) is 40.4 Å². The first-order chi connectivity index (χ1) is 62.8. The number of carboxylic acid groups (broad SMARTS) is 12. The molecule has 0 aliphatic rings. The second-order valence-electron chi connectivity index (χ2n) is 29.1. The smallest absolute Gasteiger partial charge is 0.332 e. The standard InChI is InChI=1S/2C10H12O3.C10H10O2.C9H9FO3.C9H9FO2.2C9H10O3.C9H10O2.C7H14O2.2C6H12O3.C6H12O2/c1-8-2-4-9(5-3-8)13-7-6-10(11)12;1-13-9-5-3-2-4-8(9)6-7-10(11)12;1-8-4-2-3-5-9(8)6-7-10(11)12;10-7-1-3-8(4-2-7)13-6-5-9(11)12;2*10-8-4-2-1-3-7(8)5-6-9(11)12;10-9(11)6-7-12-8-4-2-1-3-5-8;10-9(11)7-6-8-4-2-1-3-5-8;1-3-4-5-6(2)7(8)9;1-4(2)3-5(7)6(8)9;1-2-3-4-5(7)6(8)9;1-3-4-5(2)6(7)8/h2*2-5H,6-7H2,1H3,(H,11,12);2-7H,1H3,(H,11,12);1-4H,5-6H2,(H,11,12);1-4H,5-6H2,(H,11,12);1-4,10H,5-6H2,(H,11,12);1-5H,6-7H2,(H,10,11);1-5H,6-7H2,(H,10,11);6H,3-5H2,1-2H3,(H,8,9);4-5,7H,3H2,1-2H3,(H,8,9);5,7H,2-4H2,1H3,(H,8,9);5H,3-4H2,1-2H3,(H,7,8)/b;;7-6+;;;;;;;;;. The van der Waals surface area contributed by atoms with Gasteiger partial charge in [-0.3, -0.25) is 43.2 Å². The van der Waals surface area contributed by atoms with Crippen molar-refractivity contribution in [1.82, 2.24) is 0 Å². The quantitative estimate of drug-likeness (QED) is 0.0158. The Morgan fingerprint density at radius 3 is 1.13 bits per heavy atom. The Balaban J connectivity index is -0.000000685. The van der Waals surface area contributed by atoms with Gasteiger partial charge in [-0.05, 0) is 177 Å². The second-order valence-corrected chi connectivity index (χ2v) is 29.1. The lowest BCUT2D eigenvalue weighted by Gasteiger charge is -2.06. The lowest BCUT2D eigenvalue weighted by atomic mass is 10.1. The summed E-state index contributed by atoms with van der Waals surface area (Å²) in [6.07, 6.45) is 9.58. The summed E-state index contributed by atoms with van der Waals surface area (Å²) in [4.78, 5) is 122. The van der Waals surface area contributed by atoms with Crippen LogP contribution < -0.4 is 18.9 Å². The minimum Gasteiger partial charge on any atom is -0.508 e. The van der Waals surface area contributed by atoms with Crippen LogP contribution in [0, 0.1) is 43.2 Å². The minimum atomic E-state index is -1.19. The van der Waals surface area contributed by atoms with E-state index >= 15 is 0 Å². The van der Waals surface area contributed by atoms with Crippen LogP contribution in [-0.2, 0) is 83.2 Å². The highest BCUT2D eigenvalue weighted by Gasteiger charge is 2.15. The van der Waals surface area contributed by atoms with Gasteiger partial charge in [-0.25, -0.2) is 23.2 Å². The van der Waals surface area contributed by atoms with Gasteiger partial charge in [-0.1, -0.05) is 226 Å². The monoisotopic (exact) mass is 1870 g/mol. The maximum Gasteiger partial charge on any atom is 0.332 e. The number of ether oxygens (including phenoxy) is 4. The minimum absolute atomic E-state index is 0.0269. The molecule has 8 aromatic carbocycles. The molecule has 0 radical (unpaired) electrons. The summed E-state index contributed by atoms with van der Waals surface area (Å²) in [5.41, 5.74) is 6.34. The maximum absolute atomic E-state index is 12.8. The van der Waals surface area contributed by atoms with E-state index in [1.807, 2.05) is 163 Å². The number of carbonyl (C=O) groups is 12. The molecule has 0 bridgehead atoms. The summed E-state index contributed by atoms with van der Waals surface area (Å²) in [5.74, 6) is -8.38. The molecular weight excluding hydrogens is 1740 g/mol. The Kier molecular flexibility index (Phi) is 75.3. The molecule has 4 atom stereocenters. The third kappa shape index (κ3) is 78.7. The lowest BCUT2D eigenvalue weighted by molar-refractivity contribution is -0.148. The first-order valence-electron chi connectivity index (χ1n) is 42.5. The molecule has 0 spiro atoms. The van der Waals surface area contributed by atoms with E-state index in [0.29, 0.717) is 60.5 Å². The maximum atomic E-state index is 12.8. The molecule has 4 unspecified atom stereocenters. The van der Waals surface area contributed by atoms with Crippen molar-refractivity contribution in [2.24, 2.45) is 17.8 Å². The first-order valence-corrected chi connectivity index (χ1v) is 42.5. The van der Waals surface area contributed by atoms with E-state index in [0.717, 1.165) is 84.6 Å². The first kappa shape index (κ1) is 125. The molecule has 33 heteroatoms. The van der Waals surface area contributed by atoms with E-state index in [1.165, 1.54) is 30.3 Å². The zero-order valence-electron chi connectivity index (χ0n) is 76.9. The molecule has 732 valence electrons. The molecule has 0 amide bonds. The summed E-state index contributed by atoms with van der Waals surface area (Å²) in [6.45, 7) is 17.7. The third-order valence-corrected chi connectivity index (χ3v) is 17.0. The zero-order valence-corrected chi connectivity index (χ0v) is 76.9. The van der Waals surface area contributed by atoms with Gasteiger partial charge in [0.2, 0.25) is 0 Å². The van der Waals surface area contributed by atoms with Crippen molar-refractivity contribution in [2.45, 2.75) is 203 Å². The summed E-state index contributed by atoms with van der Waals surface area (Å²) in [7, 11) is 1.58. The predicted octanol–water partition coefficient (Wildman–Crippen LogP) is 18.3. The highest BCUT2D eigenvalue weighted by atomic mass is 19.1. The number of methoxy groups -OCH3 is 1. The molecule has 133 heavy (non-hydrogen) atoms. The number of hydrogen-bond acceptors (Lipinski definition) is 19. The van der Waals surface area contributed by atoms with Gasteiger partial charge in [0.25, 0.3) is 0 Å². The molecule has 0 fully saturated rings.